The van der Waals surface area contributed by atoms with E-state index in [1.54, 1.807) is 6.07 Å². The largest absolute Gasteiger partial charge is 0.485 e. The van der Waals surface area contributed by atoms with Gasteiger partial charge < -0.3 is 9.15 Å². The topological polar surface area (TPSA) is 93.9 Å². The van der Waals surface area contributed by atoms with Gasteiger partial charge in [0.1, 0.15) is 11.3 Å². The first kappa shape index (κ1) is 13.3. The molecule has 21 heavy (non-hydrogen) atoms. The van der Waals surface area contributed by atoms with E-state index in [1.807, 2.05) is 26.0 Å². The summed E-state index contributed by atoms with van der Waals surface area (Å²) in [6.07, 6.45) is 0.653. The molecule has 0 aliphatic carbocycles. The first-order valence-corrected chi connectivity index (χ1v) is 6.60. The summed E-state index contributed by atoms with van der Waals surface area (Å²) in [4.78, 5) is 11.9. The van der Waals surface area contributed by atoms with Gasteiger partial charge >= 0.3 is 5.63 Å². The Morgan fingerprint density at radius 3 is 2.95 bits per heavy atom. The first-order valence-electron chi connectivity index (χ1n) is 6.60. The molecule has 0 aliphatic heterocycles. The highest BCUT2D eigenvalue weighted by atomic mass is 16.5. The zero-order chi connectivity index (χ0) is 14.8. The number of aromatic amines is 1. The van der Waals surface area contributed by atoms with Crippen LogP contribution in [0.15, 0.2) is 27.4 Å². The molecule has 2 aromatic heterocycles. The Balaban J connectivity index is 1.95. The fourth-order valence-corrected chi connectivity index (χ4v) is 2.26. The molecule has 0 bridgehead atoms. The number of aryl methyl sites for hydroxylation is 1. The Morgan fingerprint density at radius 1 is 1.38 bits per heavy atom. The van der Waals surface area contributed by atoms with Gasteiger partial charge in [-0.1, -0.05) is 12.1 Å². The first-order chi connectivity index (χ1) is 10.2. The number of rotatable bonds is 4. The number of benzene rings is 1. The average molecular weight is 286 g/mol. The molecule has 0 fully saturated rings. The number of ether oxygens (including phenoxy) is 1. The van der Waals surface area contributed by atoms with Crippen LogP contribution < -0.4 is 10.4 Å². The van der Waals surface area contributed by atoms with Crippen LogP contribution in [0.4, 0.5) is 0 Å². The van der Waals surface area contributed by atoms with Gasteiger partial charge in [-0.2, -0.15) is 5.21 Å². The molecular formula is C14H14N4O3. The van der Waals surface area contributed by atoms with E-state index >= 15 is 0 Å². The number of H-pyrrole nitrogens is 1. The van der Waals surface area contributed by atoms with Gasteiger partial charge in [-0.05, 0) is 31.0 Å². The molecule has 0 atom stereocenters. The summed E-state index contributed by atoms with van der Waals surface area (Å²) in [5, 5.41) is 14.3. The minimum Gasteiger partial charge on any atom is -0.485 e. The molecule has 0 saturated heterocycles. The van der Waals surface area contributed by atoms with Gasteiger partial charge in [-0.3, -0.25) is 0 Å². The monoisotopic (exact) mass is 286 g/mol. The van der Waals surface area contributed by atoms with E-state index in [0.29, 0.717) is 29.1 Å². The molecular weight excluding hydrogens is 272 g/mol. The van der Waals surface area contributed by atoms with Gasteiger partial charge in [0.2, 0.25) is 5.82 Å². The molecule has 0 amide bonds. The minimum atomic E-state index is -0.294. The summed E-state index contributed by atoms with van der Waals surface area (Å²) in [5.74, 6) is 1.04. The summed E-state index contributed by atoms with van der Waals surface area (Å²) in [5.41, 5.74) is 1.88. The Morgan fingerprint density at radius 2 is 2.24 bits per heavy atom. The lowest BCUT2D eigenvalue weighted by Gasteiger charge is -2.08. The van der Waals surface area contributed by atoms with Crippen molar-refractivity contribution in [3.05, 3.63) is 45.6 Å². The second kappa shape index (κ2) is 5.35. The number of aromatic nitrogens is 4. The highest BCUT2D eigenvalue weighted by molar-refractivity contribution is 5.82. The third-order valence-corrected chi connectivity index (χ3v) is 3.37. The van der Waals surface area contributed by atoms with Crippen LogP contribution in [-0.2, 0) is 13.0 Å². The van der Waals surface area contributed by atoms with E-state index in [1.165, 1.54) is 0 Å². The second-order valence-corrected chi connectivity index (χ2v) is 4.62. The molecule has 0 spiro atoms. The number of nitrogens with zero attached hydrogens (tertiary/aromatic N) is 3. The van der Waals surface area contributed by atoms with Crippen molar-refractivity contribution >= 4 is 11.0 Å². The van der Waals surface area contributed by atoms with E-state index < -0.39 is 0 Å². The van der Waals surface area contributed by atoms with Gasteiger partial charge in [-0.25, -0.2) is 4.79 Å². The van der Waals surface area contributed by atoms with Crippen molar-refractivity contribution < 1.29 is 9.15 Å². The molecule has 7 nitrogen and oxygen atoms in total. The average Bonchev–Trinajstić information content (AvgIpc) is 2.98. The Bertz CT molecular complexity index is 824. The maximum absolute atomic E-state index is 11.9. The van der Waals surface area contributed by atoms with Crippen molar-refractivity contribution in [2.24, 2.45) is 0 Å². The lowest BCUT2D eigenvalue weighted by atomic mass is 10.0. The third-order valence-electron chi connectivity index (χ3n) is 3.37. The quantitative estimate of drug-likeness (QED) is 0.734. The molecule has 0 saturated carbocycles. The van der Waals surface area contributed by atoms with Gasteiger partial charge in [0.05, 0.1) is 0 Å². The standard InChI is InChI=1S/C14H14N4O3/c1-3-10-8(2)11-5-4-9(6-12(11)21-14(10)19)20-7-13-15-17-18-16-13/h4-6H,3,7H2,1-2H3,(H,15,16,17,18). The highest BCUT2D eigenvalue weighted by Gasteiger charge is 2.10. The van der Waals surface area contributed by atoms with E-state index in [2.05, 4.69) is 20.6 Å². The summed E-state index contributed by atoms with van der Waals surface area (Å²) in [6, 6.07) is 5.41. The summed E-state index contributed by atoms with van der Waals surface area (Å²) in [7, 11) is 0. The lowest BCUT2D eigenvalue weighted by molar-refractivity contribution is 0.296. The van der Waals surface area contributed by atoms with Crippen molar-refractivity contribution in [1.82, 2.24) is 20.6 Å². The molecule has 1 aromatic carbocycles. The van der Waals surface area contributed by atoms with Gasteiger partial charge in [-0.15, -0.1) is 10.2 Å². The molecule has 0 unspecified atom stereocenters. The van der Waals surface area contributed by atoms with Crippen molar-refractivity contribution in [2.75, 3.05) is 0 Å². The number of nitrogens with one attached hydrogen (secondary N) is 1. The molecule has 2 heterocycles. The Labute approximate surface area is 119 Å². The SMILES string of the molecule is CCc1c(C)c2ccc(OCc3nn[nH]n3)cc2oc1=O. The number of tetrazole rings is 1. The molecule has 108 valence electrons. The highest BCUT2D eigenvalue weighted by Crippen LogP contribution is 2.24. The molecule has 3 aromatic rings. The zero-order valence-electron chi connectivity index (χ0n) is 11.7. The van der Waals surface area contributed by atoms with E-state index in [-0.39, 0.29) is 12.2 Å². The second-order valence-electron chi connectivity index (χ2n) is 4.62. The number of fused-ring (bicyclic) bond motifs is 1. The molecule has 0 radical (unpaired) electrons. The van der Waals surface area contributed by atoms with Crippen LogP contribution >= 0.6 is 0 Å². The smallest absolute Gasteiger partial charge is 0.339 e. The van der Waals surface area contributed by atoms with Crippen LogP contribution in [0.3, 0.4) is 0 Å². The molecule has 7 heteroatoms. The van der Waals surface area contributed by atoms with Gasteiger partial charge in [0.15, 0.2) is 6.61 Å². The van der Waals surface area contributed by atoms with Crippen molar-refractivity contribution in [1.29, 1.82) is 0 Å². The molecule has 0 aliphatic rings. The number of hydrogen-bond acceptors (Lipinski definition) is 6. The van der Waals surface area contributed by atoms with E-state index in [4.69, 9.17) is 9.15 Å². The van der Waals surface area contributed by atoms with Gasteiger partial charge in [0, 0.05) is 17.0 Å². The normalized spacial score (nSPS) is 11.0. The summed E-state index contributed by atoms with van der Waals surface area (Å²) >= 11 is 0. The van der Waals surface area contributed by atoms with Crippen molar-refractivity contribution in [2.45, 2.75) is 26.9 Å². The van der Waals surface area contributed by atoms with E-state index in [9.17, 15) is 4.79 Å². The Kier molecular flexibility index (Phi) is 3.39. The predicted molar refractivity (Wildman–Crippen MR) is 75.1 cm³/mol. The van der Waals surface area contributed by atoms with Crippen LogP contribution in [-0.4, -0.2) is 20.6 Å². The molecule has 1 N–H and O–H groups in total. The van der Waals surface area contributed by atoms with Crippen LogP contribution in [0.2, 0.25) is 0 Å². The summed E-state index contributed by atoms with van der Waals surface area (Å²) in [6.45, 7) is 4.06. The zero-order valence-corrected chi connectivity index (χ0v) is 11.7. The van der Waals surface area contributed by atoms with E-state index in [0.717, 1.165) is 10.9 Å². The lowest BCUT2D eigenvalue weighted by Crippen LogP contribution is -2.09. The molecule has 3 rings (SSSR count). The van der Waals surface area contributed by atoms with Crippen LogP contribution in [0.25, 0.3) is 11.0 Å². The maximum atomic E-state index is 11.9. The number of hydrogen-bond donors (Lipinski definition) is 1. The maximum Gasteiger partial charge on any atom is 0.339 e. The fraction of sp³-hybridized carbons (Fsp3) is 0.286. The van der Waals surface area contributed by atoms with Crippen LogP contribution in [0, 0.1) is 6.92 Å². The summed E-state index contributed by atoms with van der Waals surface area (Å²) < 4.78 is 10.9. The van der Waals surface area contributed by atoms with Gasteiger partial charge in [0.25, 0.3) is 0 Å². The van der Waals surface area contributed by atoms with Crippen molar-refractivity contribution in [3.8, 4) is 5.75 Å². The fourth-order valence-electron chi connectivity index (χ4n) is 2.26. The minimum absolute atomic E-state index is 0.193. The predicted octanol–water partition coefficient (Wildman–Crippen LogP) is 1.76. The Hall–Kier alpha value is -2.70. The third kappa shape index (κ3) is 2.49. The van der Waals surface area contributed by atoms with Crippen molar-refractivity contribution in [3.63, 3.8) is 0 Å². The van der Waals surface area contributed by atoms with Crippen LogP contribution in [0.5, 0.6) is 5.75 Å². The van der Waals surface area contributed by atoms with Crippen LogP contribution in [0.1, 0.15) is 23.9 Å².